The number of nitrogens with one attached hydrogen (secondary N) is 1. The van der Waals surface area contributed by atoms with Gasteiger partial charge in [0.2, 0.25) is 0 Å². The normalized spacial score (nSPS) is 12.6. The second kappa shape index (κ2) is 5.01. The van der Waals surface area contributed by atoms with E-state index in [4.69, 9.17) is 10.2 Å². The summed E-state index contributed by atoms with van der Waals surface area (Å²) in [5.74, 6) is -0.115. The Morgan fingerprint density at radius 1 is 1.47 bits per heavy atom. The summed E-state index contributed by atoms with van der Waals surface area (Å²) in [6, 6.07) is 7.57. The predicted octanol–water partition coefficient (Wildman–Crippen LogP) is 1.90. The maximum atomic E-state index is 11.9. The Kier molecular flexibility index (Phi) is 3.44. The fraction of sp³-hybridized carbons (Fsp3) is 0.308. The monoisotopic (exact) mass is 232 g/mol. The standard InChI is InChI=1S/C13H16N2O2/c1-9(14)6-7-15-13(16)11-8-17-12-5-3-2-4-10(11)12/h2-5,8-9H,6-7,14H2,1H3,(H,15,16). The summed E-state index contributed by atoms with van der Waals surface area (Å²) < 4.78 is 5.31. The van der Waals surface area contributed by atoms with Crippen molar-refractivity contribution in [3.05, 3.63) is 36.1 Å². The fourth-order valence-corrected chi connectivity index (χ4v) is 1.66. The first kappa shape index (κ1) is 11.7. The van der Waals surface area contributed by atoms with Gasteiger partial charge in [0.15, 0.2) is 0 Å². The molecule has 2 rings (SSSR count). The number of carbonyl (C=O) groups is 1. The van der Waals surface area contributed by atoms with Gasteiger partial charge in [-0.15, -0.1) is 0 Å². The SMILES string of the molecule is CC(N)CCNC(=O)c1coc2ccccc12. The highest BCUT2D eigenvalue weighted by atomic mass is 16.3. The molecule has 0 radical (unpaired) electrons. The summed E-state index contributed by atoms with van der Waals surface area (Å²) in [6.45, 7) is 2.50. The summed E-state index contributed by atoms with van der Waals surface area (Å²) in [7, 11) is 0. The third-order valence-electron chi connectivity index (χ3n) is 2.61. The summed E-state index contributed by atoms with van der Waals surface area (Å²) in [5, 5.41) is 3.67. The lowest BCUT2D eigenvalue weighted by atomic mass is 10.1. The number of fused-ring (bicyclic) bond motifs is 1. The van der Waals surface area contributed by atoms with E-state index in [1.165, 1.54) is 6.26 Å². The van der Waals surface area contributed by atoms with Crippen molar-refractivity contribution in [2.75, 3.05) is 6.54 Å². The number of amides is 1. The maximum absolute atomic E-state index is 11.9. The van der Waals surface area contributed by atoms with Gasteiger partial charge in [0.25, 0.3) is 5.91 Å². The van der Waals surface area contributed by atoms with Crippen LogP contribution in [-0.4, -0.2) is 18.5 Å². The Balaban J connectivity index is 2.09. The lowest BCUT2D eigenvalue weighted by molar-refractivity contribution is 0.0953. The number of para-hydroxylation sites is 1. The molecule has 1 aromatic carbocycles. The zero-order valence-electron chi connectivity index (χ0n) is 9.77. The molecule has 1 heterocycles. The molecule has 0 saturated carbocycles. The average Bonchev–Trinajstić information content (AvgIpc) is 2.72. The molecule has 0 spiro atoms. The summed E-state index contributed by atoms with van der Waals surface area (Å²) in [5.41, 5.74) is 6.92. The van der Waals surface area contributed by atoms with E-state index in [2.05, 4.69) is 5.32 Å². The number of benzene rings is 1. The van der Waals surface area contributed by atoms with Crippen molar-refractivity contribution in [2.45, 2.75) is 19.4 Å². The van der Waals surface area contributed by atoms with Crippen LogP contribution in [-0.2, 0) is 0 Å². The molecule has 4 nitrogen and oxygen atoms in total. The van der Waals surface area contributed by atoms with Gasteiger partial charge in [-0.1, -0.05) is 18.2 Å². The molecule has 0 aliphatic rings. The van der Waals surface area contributed by atoms with E-state index in [0.29, 0.717) is 12.1 Å². The minimum Gasteiger partial charge on any atom is -0.463 e. The first-order valence-corrected chi connectivity index (χ1v) is 5.68. The molecule has 0 fully saturated rings. The van der Waals surface area contributed by atoms with E-state index < -0.39 is 0 Å². The topological polar surface area (TPSA) is 68.3 Å². The third-order valence-corrected chi connectivity index (χ3v) is 2.61. The first-order valence-electron chi connectivity index (χ1n) is 5.68. The van der Waals surface area contributed by atoms with Crippen LogP contribution in [0, 0.1) is 0 Å². The molecule has 17 heavy (non-hydrogen) atoms. The molecule has 0 saturated heterocycles. The van der Waals surface area contributed by atoms with E-state index in [9.17, 15) is 4.79 Å². The van der Waals surface area contributed by atoms with Crippen molar-refractivity contribution < 1.29 is 9.21 Å². The van der Waals surface area contributed by atoms with Gasteiger partial charge in [-0.2, -0.15) is 0 Å². The number of furan rings is 1. The molecule has 3 N–H and O–H groups in total. The van der Waals surface area contributed by atoms with Gasteiger partial charge in [-0.05, 0) is 19.4 Å². The van der Waals surface area contributed by atoms with E-state index in [1.54, 1.807) is 0 Å². The van der Waals surface area contributed by atoms with Crippen molar-refractivity contribution >= 4 is 16.9 Å². The van der Waals surface area contributed by atoms with E-state index in [1.807, 2.05) is 31.2 Å². The van der Waals surface area contributed by atoms with Gasteiger partial charge in [0, 0.05) is 18.0 Å². The maximum Gasteiger partial charge on any atom is 0.255 e. The highest BCUT2D eigenvalue weighted by Crippen LogP contribution is 2.20. The molecule has 1 amide bonds. The minimum atomic E-state index is -0.115. The molecule has 90 valence electrons. The third kappa shape index (κ3) is 2.65. The van der Waals surface area contributed by atoms with Gasteiger partial charge in [-0.25, -0.2) is 0 Å². The second-order valence-corrected chi connectivity index (χ2v) is 4.17. The number of carbonyl (C=O) groups excluding carboxylic acids is 1. The van der Waals surface area contributed by atoms with Crippen LogP contribution in [0.15, 0.2) is 34.9 Å². The van der Waals surface area contributed by atoms with Crippen molar-refractivity contribution in [3.8, 4) is 0 Å². The summed E-state index contributed by atoms with van der Waals surface area (Å²) in [4.78, 5) is 11.9. The van der Waals surface area contributed by atoms with E-state index >= 15 is 0 Å². The largest absolute Gasteiger partial charge is 0.463 e. The lowest BCUT2D eigenvalue weighted by Gasteiger charge is -2.06. The Bertz CT molecular complexity index is 517. The summed E-state index contributed by atoms with van der Waals surface area (Å²) >= 11 is 0. The van der Waals surface area contributed by atoms with Gasteiger partial charge in [0.05, 0.1) is 5.56 Å². The van der Waals surface area contributed by atoms with Gasteiger partial charge in [0.1, 0.15) is 11.8 Å². The smallest absolute Gasteiger partial charge is 0.255 e. The molecule has 0 aliphatic carbocycles. The molecule has 2 aromatic rings. The molecule has 0 aliphatic heterocycles. The van der Waals surface area contributed by atoms with Crippen LogP contribution in [0.3, 0.4) is 0 Å². The number of hydrogen-bond donors (Lipinski definition) is 2. The fourth-order valence-electron chi connectivity index (χ4n) is 1.66. The lowest BCUT2D eigenvalue weighted by Crippen LogP contribution is -2.28. The molecule has 0 bridgehead atoms. The van der Waals surface area contributed by atoms with Crippen molar-refractivity contribution in [1.29, 1.82) is 0 Å². The van der Waals surface area contributed by atoms with Crippen LogP contribution in [0.5, 0.6) is 0 Å². The zero-order valence-corrected chi connectivity index (χ0v) is 9.77. The van der Waals surface area contributed by atoms with Crippen molar-refractivity contribution in [2.24, 2.45) is 5.73 Å². The van der Waals surface area contributed by atoms with Crippen LogP contribution in [0.1, 0.15) is 23.7 Å². The van der Waals surface area contributed by atoms with Crippen molar-refractivity contribution in [1.82, 2.24) is 5.32 Å². The predicted molar refractivity (Wildman–Crippen MR) is 66.8 cm³/mol. The molecule has 1 unspecified atom stereocenters. The Morgan fingerprint density at radius 2 is 2.24 bits per heavy atom. The minimum absolute atomic E-state index is 0.0939. The van der Waals surface area contributed by atoms with E-state index in [0.717, 1.165) is 17.4 Å². The first-order chi connectivity index (χ1) is 8.18. The Hall–Kier alpha value is -1.81. The quantitative estimate of drug-likeness (QED) is 0.846. The van der Waals surface area contributed by atoms with Gasteiger partial charge < -0.3 is 15.5 Å². The second-order valence-electron chi connectivity index (χ2n) is 4.17. The highest BCUT2D eigenvalue weighted by molar-refractivity contribution is 6.05. The van der Waals surface area contributed by atoms with Gasteiger partial charge in [-0.3, -0.25) is 4.79 Å². The summed E-state index contributed by atoms with van der Waals surface area (Å²) in [6.07, 6.45) is 2.26. The Morgan fingerprint density at radius 3 is 3.00 bits per heavy atom. The van der Waals surface area contributed by atoms with Crippen LogP contribution in [0.2, 0.25) is 0 Å². The van der Waals surface area contributed by atoms with Crippen molar-refractivity contribution in [3.63, 3.8) is 0 Å². The van der Waals surface area contributed by atoms with Crippen LogP contribution in [0.25, 0.3) is 11.0 Å². The molecular weight excluding hydrogens is 216 g/mol. The van der Waals surface area contributed by atoms with Crippen LogP contribution in [0.4, 0.5) is 0 Å². The number of rotatable bonds is 4. The molecule has 1 atom stereocenters. The Labute approximate surface area is 99.8 Å². The van der Waals surface area contributed by atoms with Gasteiger partial charge >= 0.3 is 0 Å². The van der Waals surface area contributed by atoms with Crippen LogP contribution >= 0.6 is 0 Å². The number of nitrogens with two attached hydrogens (primary N) is 1. The zero-order chi connectivity index (χ0) is 12.3. The highest BCUT2D eigenvalue weighted by Gasteiger charge is 2.12. The van der Waals surface area contributed by atoms with Crippen LogP contribution < -0.4 is 11.1 Å². The molecule has 1 aromatic heterocycles. The molecule has 4 heteroatoms. The van der Waals surface area contributed by atoms with E-state index in [-0.39, 0.29) is 11.9 Å². The number of hydrogen-bond acceptors (Lipinski definition) is 3. The molecular formula is C13H16N2O2. The average molecular weight is 232 g/mol.